The molecule has 1 saturated carbocycles. The highest BCUT2D eigenvalue weighted by Gasteiger charge is 2.51. The molecule has 0 aliphatic heterocycles. The monoisotopic (exact) mass is 337 g/mol. The van der Waals surface area contributed by atoms with Gasteiger partial charge in [0.1, 0.15) is 5.78 Å². The Morgan fingerprint density at radius 2 is 1.42 bits per heavy atom. The summed E-state index contributed by atoms with van der Waals surface area (Å²) in [5.74, 6) is 1.19. The van der Waals surface area contributed by atoms with Gasteiger partial charge < -0.3 is 5.32 Å². The van der Waals surface area contributed by atoms with Crippen molar-refractivity contribution >= 4 is 11.7 Å². The van der Waals surface area contributed by atoms with Crippen LogP contribution in [0.3, 0.4) is 0 Å². The highest BCUT2D eigenvalue weighted by molar-refractivity contribution is 5.85. The molecule has 0 aromatic carbocycles. The Hall–Kier alpha value is -0.860. The van der Waals surface area contributed by atoms with Crippen molar-refractivity contribution < 1.29 is 9.59 Å². The van der Waals surface area contributed by atoms with E-state index in [0.717, 1.165) is 57.9 Å². The van der Waals surface area contributed by atoms with E-state index in [9.17, 15) is 9.59 Å². The van der Waals surface area contributed by atoms with Gasteiger partial charge in [0.25, 0.3) is 0 Å². The molecule has 0 radical (unpaired) electrons. The van der Waals surface area contributed by atoms with E-state index >= 15 is 0 Å². The summed E-state index contributed by atoms with van der Waals surface area (Å²) in [5.41, 5.74) is -0.0332. The predicted octanol–water partition coefficient (Wildman–Crippen LogP) is 5.42. The van der Waals surface area contributed by atoms with Crippen molar-refractivity contribution in [1.29, 1.82) is 0 Å². The van der Waals surface area contributed by atoms with Gasteiger partial charge in [-0.25, -0.2) is 0 Å². The first-order valence-corrected chi connectivity index (χ1v) is 10.3. The van der Waals surface area contributed by atoms with Gasteiger partial charge in [-0.15, -0.1) is 0 Å². The Bertz CT molecular complexity index is 372. The first kappa shape index (κ1) is 21.2. The smallest absolute Gasteiger partial charge is 0.226 e. The number of hydrogen-bond donors (Lipinski definition) is 1. The van der Waals surface area contributed by atoms with E-state index in [1.54, 1.807) is 0 Å². The van der Waals surface area contributed by atoms with Gasteiger partial charge in [0, 0.05) is 19.4 Å². The van der Waals surface area contributed by atoms with Gasteiger partial charge in [-0.05, 0) is 38.0 Å². The quantitative estimate of drug-likeness (QED) is 0.406. The van der Waals surface area contributed by atoms with Crippen LogP contribution in [0.2, 0.25) is 0 Å². The van der Waals surface area contributed by atoms with Crippen LogP contribution in [0, 0.1) is 11.3 Å². The molecule has 1 amide bonds. The number of ketones is 1. The number of hydrogen-bond acceptors (Lipinski definition) is 2. The number of amides is 1. The van der Waals surface area contributed by atoms with Crippen LogP contribution in [0.4, 0.5) is 0 Å². The first-order chi connectivity index (χ1) is 11.5. The van der Waals surface area contributed by atoms with Gasteiger partial charge in [-0.3, -0.25) is 9.59 Å². The summed E-state index contributed by atoms with van der Waals surface area (Å²) in [6, 6.07) is 0. The Morgan fingerprint density at radius 1 is 0.875 bits per heavy atom. The third-order valence-corrected chi connectivity index (χ3v) is 5.57. The molecule has 0 aromatic heterocycles. The summed E-state index contributed by atoms with van der Waals surface area (Å²) in [6.45, 7) is 7.28. The molecule has 0 bridgehead atoms. The number of carbonyl (C=O) groups excluding carboxylic acids is 2. The van der Waals surface area contributed by atoms with Crippen LogP contribution < -0.4 is 5.32 Å². The van der Waals surface area contributed by atoms with Crippen LogP contribution in [0.15, 0.2) is 0 Å². The van der Waals surface area contributed by atoms with Gasteiger partial charge in [-0.1, -0.05) is 59.3 Å². The van der Waals surface area contributed by atoms with Crippen molar-refractivity contribution in [3.8, 4) is 0 Å². The van der Waals surface area contributed by atoms with Gasteiger partial charge in [0.05, 0.1) is 5.41 Å². The van der Waals surface area contributed by atoms with Crippen LogP contribution in [0.1, 0.15) is 104 Å². The molecule has 3 heteroatoms. The Balaban J connectivity index is 1.86. The van der Waals surface area contributed by atoms with Gasteiger partial charge in [0.15, 0.2) is 0 Å². The summed E-state index contributed by atoms with van der Waals surface area (Å²) in [6.07, 6.45) is 14.1. The summed E-state index contributed by atoms with van der Waals surface area (Å²) in [7, 11) is 0. The molecule has 0 aromatic rings. The predicted molar refractivity (Wildman–Crippen MR) is 101 cm³/mol. The molecule has 1 rings (SSSR count). The summed E-state index contributed by atoms with van der Waals surface area (Å²) >= 11 is 0. The molecular weight excluding hydrogens is 298 g/mol. The summed E-state index contributed by atoms with van der Waals surface area (Å²) < 4.78 is 0. The van der Waals surface area contributed by atoms with Gasteiger partial charge in [0.2, 0.25) is 5.91 Å². The Kier molecular flexibility index (Phi) is 10.3. The van der Waals surface area contributed by atoms with E-state index in [2.05, 4.69) is 26.1 Å². The lowest BCUT2D eigenvalue weighted by atomic mass is 9.91. The van der Waals surface area contributed by atoms with Gasteiger partial charge >= 0.3 is 0 Å². The molecular formula is C21H39NO2. The second-order valence-electron chi connectivity index (χ2n) is 7.93. The zero-order chi connectivity index (χ0) is 17.8. The van der Waals surface area contributed by atoms with Gasteiger partial charge in [-0.2, -0.15) is 0 Å². The SMILES string of the molecule is CCCCC(=O)CCCCCCCCCNC(=O)C1(C(C)C)CC1. The van der Waals surface area contributed by atoms with Crippen LogP contribution >= 0.6 is 0 Å². The molecule has 1 aliphatic carbocycles. The maximum atomic E-state index is 12.2. The highest BCUT2D eigenvalue weighted by Crippen LogP contribution is 2.51. The first-order valence-electron chi connectivity index (χ1n) is 10.3. The zero-order valence-corrected chi connectivity index (χ0v) is 16.3. The fourth-order valence-corrected chi connectivity index (χ4v) is 3.41. The maximum Gasteiger partial charge on any atom is 0.226 e. The van der Waals surface area contributed by atoms with Crippen molar-refractivity contribution in [3.05, 3.63) is 0 Å². The summed E-state index contributed by atoms with van der Waals surface area (Å²) in [5, 5.41) is 3.13. The standard InChI is InChI=1S/C21H39NO2/c1-4-5-13-19(23)14-11-9-7-6-8-10-12-17-22-20(24)21(15-16-21)18(2)3/h18H,4-17H2,1-3H3,(H,22,24). The largest absolute Gasteiger partial charge is 0.356 e. The van der Waals surface area contributed by atoms with E-state index in [-0.39, 0.29) is 11.3 Å². The number of carbonyl (C=O) groups is 2. The molecule has 1 fully saturated rings. The lowest BCUT2D eigenvalue weighted by molar-refractivity contribution is -0.127. The Labute approximate surface area is 149 Å². The molecule has 3 nitrogen and oxygen atoms in total. The van der Waals surface area contributed by atoms with E-state index in [0.29, 0.717) is 11.7 Å². The molecule has 24 heavy (non-hydrogen) atoms. The zero-order valence-electron chi connectivity index (χ0n) is 16.3. The van der Waals surface area contributed by atoms with E-state index in [4.69, 9.17) is 0 Å². The lowest BCUT2D eigenvalue weighted by Gasteiger charge is -2.18. The minimum atomic E-state index is -0.0332. The molecule has 0 heterocycles. The molecule has 1 N–H and O–H groups in total. The molecule has 0 spiro atoms. The van der Waals surface area contributed by atoms with Crippen molar-refractivity contribution in [2.24, 2.45) is 11.3 Å². The average Bonchev–Trinajstić information content (AvgIpc) is 3.36. The third-order valence-electron chi connectivity index (χ3n) is 5.57. The van der Waals surface area contributed by atoms with Crippen molar-refractivity contribution in [2.75, 3.05) is 6.54 Å². The van der Waals surface area contributed by atoms with E-state index < -0.39 is 0 Å². The third kappa shape index (κ3) is 7.81. The fourth-order valence-electron chi connectivity index (χ4n) is 3.41. The summed E-state index contributed by atoms with van der Waals surface area (Å²) in [4.78, 5) is 23.7. The van der Waals surface area contributed by atoms with Crippen LogP contribution in [-0.2, 0) is 9.59 Å². The number of nitrogens with one attached hydrogen (secondary N) is 1. The molecule has 0 atom stereocenters. The fraction of sp³-hybridized carbons (Fsp3) is 0.905. The Morgan fingerprint density at radius 3 is 1.96 bits per heavy atom. The normalized spacial score (nSPS) is 15.5. The molecule has 0 unspecified atom stereocenters. The maximum absolute atomic E-state index is 12.2. The topological polar surface area (TPSA) is 46.2 Å². The van der Waals surface area contributed by atoms with Crippen molar-refractivity contribution in [1.82, 2.24) is 5.32 Å². The second kappa shape index (κ2) is 11.7. The van der Waals surface area contributed by atoms with E-state index in [1.807, 2.05) is 0 Å². The van der Waals surface area contributed by atoms with E-state index in [1.165, 1.54) is 32.1 Å². The second-order valence-corrected chi connectivity index (χ2v) is 7.93. The molecule has 1 aliphatic rings. The number of unbranched alkanes of at least 4 members (excludes halogenated alkanes) is 7. The highest BCUT2D eigenvalue weighted by atomic mass is 16.2. The van der Waals surface area contributed by atoms with Crippen LogP contribution in [0.25, 0.3) is 0 Å². The molecule has 0 saturated heterocycles. The minimum Gasteiger partial charge on any atom is -0.356 e. The number of Topliss-reactive ketones (excluding diaryl/α,β-unsaturated/α-hetero) is 1. The molecule has 140 valence electrons. The minimum absolute atomic E-state index is 0.0332. The van der Waals surface area contributed by atoms with Crippen molar-refractivity contribution in [2.45, 2.75) is 104 Å². The van der Waals surface area contributed by atoms with Crippen molar-refractivity contribution in [3.63, 3.8) is 0 Å². The average molecular weight is 338 g/mol. The number of rotatable bonds is 15. The van der Waals surface area contributed by atoms with Crippen LogP contribution in [-0.4, -0.2) is 18.2 Å². The van der Waals surface area contributed by atoms with Crippen LogP contribution in [0.5, 0.6) is 0 Å². The lowest BCUT2D eigenvalue weighted by Crippen LogP contribution is -2.35.